The van der Waals surface area contributed by atoms with Crippen LogP contribution in [-0.2, 0) is 4.74 Å². The molecule has 0 aliphatic carbocycles. The number of hydrogen-bond donors (Lipinski definition) is 1. The standard InChI is InChI=1S/C14H22BrNO2/c1-4-10(3)11-8-12(15)14(13(16)9-11)18-7-6-17-5-2/h8-10H,4-7,16H2,1-3H3. The third-order valence-electron chi connectivity index (χ3n) is 2.95. The normalized spacial score (nSPS) is 12.4. The highest BCUT2D eigenvalue weighted by molar-refractivity contribution is 9.10. The van der Waals surface area contributed by atoms with Gasteiger partial charge in [0.15, 0.2) is 5.75 Å². The molecule has 4 heteroatoms. The first-order valence-corrected chi connectivity index (χ1v) is 7.18. The highest BCUT2D eigenvalue weighted by Gasteiger charge is 2.11. The molecular weight excluding hydrogens is 294 g/mol. The lowest BCUT2D eigenvalue weighted by atomic mass is 9.98. The van der Waals surface area contributed by atoms with Gasteiger partial charge >= 0.3 is 0 Å². The van der Waals surface area contributed by atoms with Crippen molar-refractivity contribution in [3.63, 3.8) is 0 Å². The van der Waals surface area contributed by atoms with Gasteiger partial charge in [-0.1, -0.05) is 13.8 Å². The van der Waals surface area contributed by atoms with Crippen LogP contribution in [0.15, 0.2) is 16.6 Å². The monoisotopic (exact) mass is 315 g/mol. The van der Waals surface area contributed by atoms with Gasteiger partial charge in [-0.25, -0.2) is 0 Å². The number of benzene rings is 1. The molecule has 1 atom stereocenters. The van der Waals surface area contributed by atoms with Crippen LogP contribution in [0, 0.1) is 0 Å². The molecule has 0 aromatic heterocycles. The smallest absolute Gasteiger partial charge is 0.156 e. The highest BCUT2D eigenvalue weighted by atomic mass is 79.9. The van der Waals surface area contributed by atoms with Crippen LogP contribution in [0.4, 0.5) is 5.69 Å². The van der Waals surface area contributed by atoms with Crippen LogP contribution in [-0.4, -0.2) is 19.8 Å². The van der Waals surface area contributed by atoms with E-state index >= 15 is 0 Å². The van der Waals surface area contributed by atoms with E-state index in [9.17, 15) is 0 Å². The van der Waals surface area contributed by atoms with E-state index in [4.69, 9.17) is 15.2 Å². The maximum Gasteiger partial charge on any atom is 0.156 e. The van der Waals surface area contributed by atoms with E-state index < -0.39 is 0 Å². The summed E-state index contributed by atoms with van der Waals surface area (Å²) in [6, 6.07) is 4.08. The minimum atomic E-state index is 0.501. The Balaban J connectivity index is 2.75. The zero-order valence-electron chi connectivity index (χ0n) is 11.3. The molecule has 0 spiro atoms. The summed E-state index contributed by atoms with van der Waals surface area (Å²) in [5.74, 6) is 1.21. The Labute approximate surface area is 118 Å². The number of hydrogen-bond acceptors (Lipinski definition) is 3. The van der Waals surface area contributed by atoms with Gasteiger partial charge in [0.05, 0.1) is 16.8 Å². The van der Waals surface area contributed by atoms with Crippen molar-refractivity contribution in [1.29, 1.82) is 0 Å². The predicted octanol–water partition coefficient (Wildman–Crippen LogP) is 3.96. The summed E-state index contributed by atoms with van der Waals surface area (Å²) < 4.78 is 11.8. The van der Waals surface area contributed by atoms with Crippen molar-refractivity contribution >= 4 is 21.6 Å². The molecule has 1 aromatic carbocycles. The first-order valence-electron chi connectivity index (χ1n) is 6.39. The Morgan fingerprint density at radius 3 is 2.56 bits per heavy atom. The number of nitrogen functional groups attached to an aromatic ring is 1. The zero-order valence-corrected chi connectivity index (χ0v) is 12.9. The van der Waals surface area contributed by atoms with Gasteiger partial charge in [0.2, 0.25) is 0 Å². The van der Waals surface area contributed by atoms with Gasteiger partial charge in [-0.15, -0.1) is 0 Å². The molecule has 0 saturated carbocycles. The van der Waals surface area contributed by atoms with Gasteiger partial charge in [-0.2, -0.15) is 0 Å². The number of ether oxygens (including phenoxy) is 2. The molecule has 18 heavy (non-hydrogen) atoms. The second-order valence-corrected chi connectivity index (χ2v) is 5.13. The summed E-state index contributed by atoms with van der Waals surface area (Å²) in [6.45, 7) is 8.12. The Morgan fingerprint density at radius 2 is 2.00 bits per heavy atom. The van der Waals surface area contributed by atoms with E-state index in [2.05, 4.69) is 35.8 Å². The van der Waals surface area contributed by atoms with E-state index in [1.807, 2.05) is 13.0 Å². The van der Waals surface area contributed by atoms with Crippen LogP contribution >= 0.6 is 15.9 Å². The molecule has 2 N–H and O–H groups in total. The fraction of sp³-hybridized carbons (Fsp3) is 0.571. The van der Waals surface area contributed by atoms with Crippen molar-refractivity contribution in [1.82, 2.24) is 0 Å². The van der Waals surface area contributed by atoms with Gasteiger partial charge in [-0.3, -0.25) is 0 Å². The Morgan fingerprint density at radius 1 is 1.28 bits per heavy atom. The van der Waals surface area contributed by atoms with Crippen molar-refractivity contribution in [2.45, 2.75) is 33.1 Å². The second-order valence-electron chi connectivity index (χ2n) is 4.28. The van der Waals surface area contributed by atoms with E-state index in [1.54, 1.807) is 0 Å². The molecule has 1 rings (SSSR count). The minimum absolute atomic E-state index is 0.501. The van der Waals surface area contributed by atoms with Crippen LogP contribution in [0.25, 0.3) is 0 Å². The van der Waals surface area contributed by atoms with Gasteiger partial charge < -0.3 is 15.2 Å². The minimum Gasteiger partial charge on any atom is -0.488 e. The maximum atomic E-state index is 6.03. The van der Waals surface area contributed by atoms with E-state index in [-0.39, 0.29) is 0 Å². The fourth-order valence-electron chi connectivity index (χ4n) is 1.66. The second kappa shape index (κ2) is 7.64. The topological polar surface area (TPSA) is 44.5 Å². The summed E-state index contributed by atoms with van der Waals surface area (Å²) in [5.41, 5.74) is 7.95. The largest absolute Gasteiger partial charge is 0.488 e. The Kier molecular flexibility index (Phi) is 6.50. The van der Waals surface area contributed by atoms with Crippen molar-refractivity contribution in [3.05, 3.63) is 22.2 Å². The number of nitrogens with two attached hydrogens (primary N) is 1. The first kappa shape index (κ1) is 15.3. The molecule has 0 bridgehead atoms. The number of anilines is 1. The average Bonchev–Trinajstić information content (AvgIpc) is 2.35. The Bertz CT molecular complexity index is 359. The quantitative estimate of drug-likeness (QED) is 0.612. The summed E-state index contributed by atoms with van der Waals surface area (Å²) in [5, 5.41) is 0. The third-order valence-corrected chi connectivity index (χ3v) is 3.54. The van der Waals surface area contributed by atoms with E-state index in [0.29, 0.717) is 37.2 Å². The molecule has 0 amide bonds. The zero-order chi connectivity index (χ0) is 13.5. The van der Waals surface area contributed by atoms with Crippen molar-refractivity contribution in [2.75, 3.05) is 25.6 Å². The average molecular weight is 316 g/mol. The summed E-state index contributed by atoms with van der Waals surface area (Å²) in [4.78, 5) is 0. The van der Waals surface area contributed by atoms with Gasteiger partial charge in [0.25, 0.3) is 0 Å². The lowest BCUT2D eigenvalue weighted by molar-refractivity contribution is 0.110. The van der Waals surface area contributed by atoms with Crippen LogP contribution in [0.1, 0.15) is 38.7 Å². The van der Waals surface area contributed by atoms with Crippen LogP contribution in [0.2, 0.25) is 0 Å². The molecule has 0 radical (unpaired) electrons. The lowest BCUT2D eigenvalue weighted by Gasteiger charge is -2.15. The summed E-state index contributed by atoms with van der Waals surface area (Å²) in [6.07, 6.45) is 1.09. The first-order chi connectivity index (χ1) is 8.60. The lowest BCUT2D eigenvalue weighted by Crippen LogP contribution is -2.08. The molecule has 0 aliphatic heterocycles. The van der Waals surface area contributed by atoms with Gasteiger partial charge in [-0.05, 0) is 52.9 Å². The van der Waals surface area contributed by atoms with E-state index in [0.717, 1.165) is 10.9 Å². The fourth-order valence-corrected chi connectivity index (χ4v) is 2.26. The third kappa shape index (κ3) is 4.18. The predicted molar refractivity (Wildman–Crippen MR) is 79.2 cm³/mol. The van der Waals surface area contributed by atoms with Gasteiger partial charge in [0.1, 0.15) is 6.61 Å². The van der Waals surface area contributed by atoms with E-state index in [1.165, 1.54) is 5.56 Å². The number of halogens is 1. The maximum absolute atomic E-state index is 6.03. The van der Waals surface area contributed by atoms with Crippen molar-refractivity contribution < 1.29 is 9.47 Å². The van der Waals surface area contributed by atoms with Crippen LogP contribution in [0.5, 0.6) is 5.75 Å². The molecule has 0 saturated heterocycles. The molecule has 0 heterocycles. The Hall–Kier alpha value is -0.740. The molecule has 3 nitrogen and oxygen atoms in total. The van der Waals surface area contributed by atoms with Crippen LogP contribution < -0.4 is 10.5 Å². The number of rotatable bonds is 7. The molecule has 1 unspecified atom stereocenters. The summed E-state index contributed by atoms with van der Waals surface area (Å²) in [7, 11) is 0. The molecule has 102 valence electrons. The van der Waals surface area contributed by atoms with Crippen molar-refractivity contribution in [2.24, 2.45) is 0 Å². The van der Waals surface area contributed by atoms with Gasteiger partial charge in [0, 0.05) is 6.61 Å². The SMILES string of the molecule is CCOCCOc1c(N)cc(C(C)CC)cc1Br. The highest BCUT2D eigenvalue weighted by Crippen LogP contribution is 2.35. The van der Waals surface area contributed by atoms with Crippen molar-refractivity contribution in [3.8, 4) is 5.75 Å². The molecular formula is C14H22BrNO2. The summed E-state index contributed by atoms with van der Waals surface area (Å²) >= 11 is 3.52. The molecule has 0 fully saturated rings. The van der Waals surface area contributed by atoms with Crippen LogP contribution in [0.3, 0.4) is 0 Å². The molecule has 0 aliphatic rings. The molecule has 1 aromatic rings.